The second-order valence-electron chi connectivity index (χ2n) is 3.85. The van der Waals surface area contributed by atoms with Gasteiger partial charge in [-0.25, -0.2) is 0 Å². The van der Waals surface area contributed by atoms with E-state index in [1.807, 2.05) is 13.8 Å². The molecule has 5 heteroatoms. The zero-order valence-electron chi connectivity index (χ0n) is 9.82. The molecule has 0 aromatic heterocycles. The van der Waals surface area contributed by atoms with Crippen molar-refractivity contribution >= 4 is 23.1 Å². The Morgan fingerprint density at radius 1 is 1.53 bits per heavy atom. The predicted molar refractivity (Wildman–Crippen MR) is 64.7 cm³/mol. The molecule has 0 aliphatic rings. The van der Waals surface area contributed by atoms with E-state index >= 15 is 0 Å². The van der Waals surface area contributed by atoms with Crippen LogP contribution >= 0.6 is 12.2 Å². The van der Waals surface area contributed by atoms with Crippen LogP contribution in [0.3, 0.4) is 0 Å². The Bertz CT molecular complexity index is 233. The van der Waals surface area contributed by atoms with Crippen LogP contribution in [0.5, 0.6) is 0 Å². The van der Waals surface area contributed by atoms with Gasteiger partial charge in [0.15, 0.2) is 0 Å². The Labute approximate surface area is 96.8 Å². The molecule has 0 saturated heterocycles. The highest BCUT2D eigenvalue weighted by atomic mass is 32.1. The molecule has 0 fully saturated rings. The lowest BCUT2D eigenvalue weighted by atomic mass is 10.1. The highest BCUT2D eigenvalue weighted by molar-refractivity contribution is 7.80. The van der Waals surface area contributed by atoms with E-state index in [4.69, 9.17) is 22.7 Å². The molecular weight excluding hydrogens is 212 g/mol. The summed E-state index contributed by atoms with van der Waals surface area (Å²) < 4.78 is 4.97. The van der Waals surface area contributed by atoms with Gasteiger partial charge in [0.2, 0.25) is 5.91 Å². The van der Waals surface area contributed by atoms with E-state index in [0.29, 0.717) is 18.0 Å². The Morgan fingerprint density at radius 3 is 2.47 bits per heavy atom. The summed E-state index contributed by atoms with van der Waals surface area (Å²) in [4.78, 5) is 13.6. The average molecular weight is 232 g/mol. The third kappa shape index (κ3) is 5.09. The number of likely N-dealkylation sites (N-methyl/N-ethyl adjacent to an activating group) is 1. The summed E-state index contributed by atoms with van der Waals surface area (Å²) in [6.45, 7) is 4.38. The fourth-order valence-electron chi connectivity index (χ4n) is 1.19. The van der Waals surface area contributed by atoms with E-state index in [0.717, 1.165) is 0 Å². The first kappa shape index (κ1) is 14.3. The van der Waals surface area contributed by atoms with Gasteiger partial charge in [0, 0.05) is 27.2 Å². The van der Waals surface area contributed by atoms with E-state index in [1.165, 1.54) is 0 Å². The summed E-state index contributed by atoms with van der Waals surface area (Å²) in [7, 11) is 3.34. The zero-order chi connectivity index (χ0) is 12.0. The first-order chi connectivity index (χ1) is 6.90. The molecule has 0 radical (unpaired) electrons. The van der Waals surface area contributed by atoms with Crippen LogP contribution in [0.1, 0.15) is 20.3 Å². The molecule has 0 saturated carbocycles. The number of nitrogens with two attached hydrogens (primary N) is 1. The van der Waals surface area contributed by atoms with E-state index in [9.17, 15) is 4.79 Å². The van der Waals surface area contributed by atoms with Gasteiger partial charge < -0.3 is 15.4 Å². The van der Waals surface area contributed by atoms with Crippen LogP contribution < -0.4 is 5.73 Å². The largest absolute Gasteiger partial charge is 0.392 e. The van der Waals surface area contributed by atoms with Gasteiger partial charge in [-0.1, -0.05) is 19.1 Å². The Hall–Kier alpha value is -0.680. The van der Waals surface area contributed by atoms with Crippen LogP contribution in [0.15, 0.2) is 0 Å². The number of methoxy groups -OCH3 is 1. The Kier molecular flexibility index (Phi) is 6.43. The number of thiocarbonyl (C=S) groups is 1. The van der Waals surface area contributed by atoms with Gasteiger partial charge in [-0.2, -0.15) is 0 Å². The molecule has 15 heavy (non-hydrogen) atoms. The standard InChI is InChI=1S/C10H20N2O2S/c1-7(6-14-4)5-9(13)12(3)8(2)10(11)15/h7-8H,5-6H2,1-4H3,(H2,11,15). The first-order valence-electron chi connectivity index (χ1n) is 4.94. The summed E-state index contributed by atoms with van der Waals surface area (Å²) in [5.41, 5.74) is 5.48. The molecule has 0 spiro atoms. The van der Waals surface area contributed by atoms with Crippen LogP contribution in [0.25, 0.3) is 0 Å². The van der Waals surface area contributed by atoms with Crippen molar-refractivity contribution < 1.29 is 9.53 Å². The summed E-state index contributed by atoms with van der Waals surface area (Å²) in [6, 6.07) is -0.192. The second kappa shape index (κ2) is 6.74. The zero-order valence-corrected chi connectivity index (χ0v) is 10.6. The number of ether oxygens (including phenoxy) is 1. The molecule has 0 heterocycles. The third-order valence-corrected chi connectivity index (χ3v) is 2.70. The summed E-state index contributed by atoms with van der Waals surface area (Å²) in [5.74, 6) is 0.253. The van der Waals surface area contributed by atoms with Gasteiger partial charge >= 0.3 is 0 Å². The number of amides is 1. The normalized spacial score (nSPS) is 14.4. The van der Waals surface area contributed by atoms with Crippen LogP contribution in [0.4, 0.5) is 0 Å². The minimum Gasteiger partial charge on any atom is -0.392 e. The molecular formula is C10H20N2O2S. The van der Waals surface area contributed by atoms with Crippen LogP contribution in [0, 0.1) is 5.92 Å². The van der Waals surface area contributed by atoms with Gasteiger partial charge in [0.25, 0.3) is 0 Å². The molecule has 0 rings (SSSR count). The maximum Gasteiger partial charge on any atom is 0.223 e. The van der Waals surface area contributed by atoms with Gasteiger partial charge in [-0.15, -0.1) is 0 Å². The van der Waals surface area contributed by atoms with Crippen LogP contribution in [-0.2, 0) is 9.53 Å². The molecule has 2 atom stereocenters. The van der Waals surface area contributed by atoms with Crippen molar-refractivity contribution in [3.8, 4) is 0 Å². The smallest absolute Gasteiger partial charge is 0.223 e. The Balaban J connectivity index is 4.15. The van der Waals surface area contributed by atoms with Gasteiger partial charge in [-0.3, -0.25) is 4.79 Å². The minimum atomic E-state index is -0.192. The first-order valence-corrected chi connectivity index (χ1v) is 5.34. The summed E-state index contributed by atoms with van der Waals surface area (Å²) >= 11 is 4.84. The monoisotopic (exact) mass is 232 g/mol. The van der Waals surface area contributed by atoms with Crippen molar-refractivity contribution in [1.29, 1.82) is 0 Å². The summed E-state index contributed by atoms with van der Waals surface area (Å²) in [5, 5.41) is 0. The highest BCUT2D eigenvalue weighted by Crippen LogP contribution is 2.07. The molecule has 2 N–H and O–H groups in total. The van der Waals surface area contributed by atoms with Crippen molar-refractivity contribution in [1.82, 2.24) is 4.90 Å². The average Bonchev–Trinajstić information content (AvgIpc) is 2.15. The maximum atomic E-state index is 11.7. The van der Waals surface area contributed by atoms with E-state index in [-0.39, 0.29) is 17.9 Å². The predicted octanol–water partition coefficient (Wildman–Crippen LogP) is 0.792. The third-order valence-electron chi connectivity index (χ3n) is 2.36. The van der Waals surface area contributed by atoms with Gasteiger partial charge in [-0.05, 0) is 12.8 Å². The Morgan fingerprint density at radius 2 is 2.07 bits per heavy atom. The quantitative estimate of drug-likeness (QED) is 0.688. The molecule has 0 aromatic carbocycles. The SMILES string of the molecule is COCC(C)CC(=O)N(C)C(C)C(N)=S. The molecule has 0 aromatic rings. The number of hydrogen-bond donors (Lipinski definition) is 1. The van der Waals surface area contributed by atoms with Crippen molar-refractivity contribution in [2.24, 2.45) is 11.7 Å². The minimum absolute atomic E-state index is 0.0415. The van der Waals surface area contributed by atoms with Crippen LogP contribution in [-0.4, -0.2) is 42.6 Å². The summed E-state index contributed by atoms with van der Waals surface area (Å²) in [6.07, 6.45) is 0.456. The fraction of sp³-hybridized carbons (Fsp3) is 0.800. The van der Waals surface area contributed by atoms with E-state index < -0.39 is 0 Å². The number of hydrogen-bond acceptors (Lipinski definition) is 3. The second-order valence-corrected chi connectivity index (χ2v) is 4.32. The van der Waals surface area contributed by atoms with Crippen molar-refractivity contribution in [2.45, 2.75) is 26.3 Å². The van der Waals surface area contributed by atoms with Gasteiger partial charge in [0.05, 0.1) is 11.0 Å². The molecule has 0 bridgehead atoms. The van der Waals surface area contributed by atoms with E-state index in [2.05, 4.69) is 0 Å². The molecule has 1 amide bonds. The molecule has 88 valence electrons. The topological polar surface area (TPSA) is 55.6 Å². The number of nitrogens with zero attached hydrogens (tertiary/aromatic N) is 1. The lowest BCUT2D eigenvalue weighted by Gasteiger charge is -2.25. The van der Waals surface area contributed by atoms with E-state index in [1.54, 1.807) is 19.1 Å². The number of carbonyl (C=O) groups excluding carboxylic acids is 1. The van der Waals surface area contributed by atoms with Gasteiger partial charge in [0.1, 0.15) is 0 Å². The number of rotatable bonds is 6. The van der Waals surface area contributed by atoms with Crippen LogP contribution in [0.2, 0.25) is 0 Å². The molecule has 2 unspecified atom stereocenters. The van der Waals surface area contributed by atoms with Crippen molar-refractivity contribution in [2.75, 3.05) is 20.8 Å². The maximum absolute atomic E-state index is 11.7. The van der Waals surface area contributed by atoms with Crippen molar-refractivity contribution in [3.63, 3.8) is 0 Å². The van der Waals surface area contributed by atoms with Crippen molar-refractivity contribution in [3.05, 3.63) is 0 Å². The molecule has 4 nitrogen and oxygen atoms in total. The molecule has 0 aliphatic heterocycles. The number of carbonyl (C=O) groups is 1. The highest BCUT2D eigenvalue weighted by Gasteiger charge is 2.19. The molecule has 0 aliphatic carbocycles. The lowest BCUT2D eigenvalue weighted by Crippen LogP contribution is -2.43. The lowest BCUT2D eigenvalue weighted by molar-refractivity contribution is -0.131. The fourth-order valence-corrected chi connectivity index (χ4v) is 1.35.